The Hall–Kier alpha value is -4.11. The summed E-state index contributed by atoms with van der Waals surface area (Å²) in [6, 6.07) is 12.4. The Morgan fingerprint density at radius 3 is 2.47 bits per heavy atom. The zero-order valence-electron chi connectivity index (χ0n) is 16.2. The summed E-state index contributed by atoms with van der Waals surface area (Å²) in [6.07, 6.45) is 2.84. The van der Waals surface area contributed by atoms with Crippen LogP contribution in [0.5, 0.6) is 11.6 Å². The van der Waals surface area contributed by atoms with Crippen molar-refractivity contribution in [3.05, 3.63) is 89.8 Å². The summed E-state index contributed by atoms with van der Waals surface area (Å²) in [5.74, 6) is -2.79. The molecule has 3 aromatic heterocycles. The number of pyridine rings is 1. The van der Waals surface area contributed by atoms with Crippen molar-refractivity contribution in [1.29, 1.82) is 0 Å². The van der Waals surface area contributed by atoms with Crippen LogP contribution in [-0.2, 0) is 0 Å². The number of aromatic nitrogens is 3. The van der Waals surface area contributed by atoms with Crippen molar-refractivity contribution in [3.8, 4) is 28.0 Å². The first-order valence-electron chi connectivity index (χ1n) is 9.38. The predicted molar refractivity (Wildman–Crippen MR) is 115 cm³/mol. The molecule has 158 valence electrons. The molecule has 2 N–H and O–H groups in total. The van der Waals surface area contributed by atoms with Crippen LogP contribution < -0.4 is 0 Å². The summed E-state index contributed by atoms with van der Waals surface area (Å²) < 4.78 is 29.0. The van der Waals surface area contributed by atoms with Crippen molar-refractivity contribution in [2.45, 2.75) is 0 Å². The third-order valence-corrected chi connectivity index (χ3v) is 5.92. The Morgan fingerprint density at radius 2 is 1.75 bits per heavy atom. The van der Waals surface area contributed by atoms with Gasteiger partial charge in [0, 0.05) is 18.0 Å². The molecule has 2 aromatic carbocycles. The van der Waals surface area contributed by atoms with E-state index in [-0.39, 0.29) is 22.0 Å². The Balaban J connectivity index is 1.81. The predicted octanol–water partition coefficient (Wildman–Crippen LogP) is 5.07. The van der Waals surface area contributed by atoms with E-state index in [1.54, 1.807) is 6.07 Å². The van der Waals surface area contributed by atoms with Gasteiger partial charge in [-0.15, -0.1) is 0 Å². The van der Waals surface area contributed by atoms with Gasteiger partial charge in [0.05, 0.1) is 21.5 Å². The van der Waals surface area contributed by atoms with E-state index in [0.717, 1.165) is 11.3 Å². The first-order chi connectivity index (χ1) is 15.4. The maximum absolute atomic E-state index is 13.7. The van der Waals surface area contributed by atoms with Crippen LogP contribution in [-0.4, -0.2) is 30.5 Å². The van der Waals surface area contributed by atoms with Gasteiger partial charge in [-0.3, -0.25) is 14.3 Å². The van der Waals surface area contributed by atoms with Crippen LogP contribution in [0, 0.1) is 11.6 Å². The summed E-state index contributed by atoms with van der Waals surface area (Å²) in [5, 5.41) is 21.8. The molecule has 0 unspecified atom stereocenters. The molecule has 9 heteroatoms. The quantitative estimate of drug-likeness (QED) is 0.374. The maximum atomic E-state index is 13.7. The van der Waals surface area contributed by atoms with Gasteiger partial charge in [-0.05, 0) is 60.2 Å². The van der Waals surface area contributed by atoms with Crippen molar-refractivity contribution in [3.63, 3.8) is 0 Å². The minimum absolute atomic E-state index is 0.119. The Kier molecular flexibility index (Phi) is 4.67. The Labute approximate surface area is 183 Å². The van der Waals surface area contributed by atoms with Crippen molar-refractivity contribution < 1.29 is 23.8 Å². The van der Waals surface area contributed by atoms with Gasteiger partial charge < -0.3 is 10.2 Å². The molecular formula is C23H13F2N3O3S. The summed E-state index contributed by atoms with van der Waals surface area (Å²) in [7, 11) is 0. The summed E-state index contributed by atoms with van der Waals surface area (Å²) in [4.78, 5) is 21.6. The number of ketones is 1. The zero-order chi connectivity index (χ0) is 22.4. The zero-order valence-corrected chi connectivity index (χ0v) is 17.0. The molecule has 0 spiro atoms. The van der Waals surface area contributed by atoms with E-state index in [1.165, 1.54) is 65.5 Å². The minimum Gasteiger partial charge on any atom is -0.503 e. The lowest BCUT2D eigenvalue weighted by atomic mass is 10.0. The van der Waals surface area contributed by atoms with Gasteiger partial charge >= 0.3 is 0 Å². The van der Waals surface area contributed by atoms with Gasteiger partial charge in [-0.1, -0.05) is 11.3 Å². The molecule has 5 aromatic rings. The lowest BCUT2D eigenvalue weighted by molar-refractivity contribution is 0.103. The maximum Gasteiger partial charge on any atom is 0.242 e. The van der Waals surface area contributed by atoms with Gasteiger partial charge in [0.1, 0.15) is 11.6 Å². The molecule has 0 fully saturated rings. The minimum atomic E-state index is -0.649. The molecular weight excluding hydrogens is 436 g/mol. The largest absolute Gasteiger partial charge is 0.503 e. The van der Waals surface area contributed by atoms with E-state index in [4.69, 9.17) is 0 Å². The molecule has 0 amide bonds. The number of thiazole rings is 1. The number of benzene rings is 2. The van der Waals surface area contributed by atoms with Crippen LogP contribution in [0.3, 0.4) is 0 Å². The second-order valence-corrected chi connectivity index (χ2v) is 7.93. The summed E-state index contributed by atoms with van der Waals surface area (Å²) >= 11 is 1.06. The highest BCUT2D eigenvalue weighted by atomic mass is 32.1. The van der Waals surface area contributed by atoms with Crippen molar-refractivity contribution >= 4 is 27.3 Å². The highest BCUT2D eigenvalue weighted by Gasteiger charge is 2.31. The normalized spacial score (nSPS) is 11.2. The fourth-order valence-corrected chi connectivity index (χ4v) is 4.45. The van der Waals surface area contributed by atoms with E-state index in [1.807, 2.05) is 0 Å². The van der Waals surface area contributed by atoms with Gasteiger partial charge in [0.25, 0.3) is 0 Å². The van der Waals surface area contributed by atoms with Crippen LogP contribution in [0.4, 0.5) is 8.78 Å². The lowest BCUT2D eigenvalue weighted by Crippen LogP contribution is -2.05. The molecule has 0 saturated carbocycles. The molecule has 0 aliphatic rings. The van der Waals surface area contributed by atoms with Crippen LogP contribution in [0.1, 0.15) is 15.9 Å². The summed E-state index contributed by atoms with van der Waals surface area (Å²) in [5.41, 5.74) is 0.958. The van der Waals surface area contributed by atoms with Gasteiger partial charge in [-0.25, -0.2) is 13.8 Å². The lowest BCUT2D eigenvalue weighted by Gasteiger charge is -2.09. The molecule has 0 saturated heterocycles. The average Bonchev–Trinajstić information content (AvgIpc) is 3.32. The second-order valence-electron chi connectivity index (χ2n) is 6.92. The van der Waals surface area contributed by atoms with Gasteiger partial charge in [0.15, 0.2) is 10.9 Å². The summed E-state index contributed by atoms with van der Waals surface area (Å²) in [6.45, 7) is 0. The number of carbonyl (C=O) groups excluding carboxylic acids is 1. The molecule has 0 aliphatic heterocycles. The molecule has 0 atom stereocenters. The standard InChI is InChI=1S/C23H13F2N3O3S/c24-14-5-3-12(4-6-14)19-18(20(29)13-2-1-9-26-11-13)21(30)22(31)28(19)23-27-16-8-7-15(25)10-17(16)32-23/h1-11,30-31H. The van der Waals surface area contributed by atoms with Gasteiger partial charge in [-0.2, -0.15) is 0 Å². The van der Waals surface area contributed by atoms with E-state index >= 15 is 0 Å². The molecule has 3 heterocycles. The number of aromatic hydroxyl groups is 2. The number of rotatable bonds is 4. The first kappa shape index (κ1) is 19.8. The Bertz CT molecular complexity index is 1480. The fraction of sp³-hybridized carbons (Fsp3) is 0. The number of nitrogens with zero attached hydrogens (tertiary/aromatic N) is 3. The molecule has 5 rings (SSSR count). The van der Waals surface area contributed by atoms with E-state index in [0.29, 0.717) is 15.8 Å². The second kappa shape index (κ2) is 7.54. The topological polar surface area (TPSA) is 88.2 Å². The SMILES string of the molecule is O=C(c1cccnc1)c1c(O)c(O)n(-c2nc3ccc(F)cc3s2)c1-c1ccc(F)cc1. The van der Waals surface area contributed by atoms with Crippen LogP contribution in [0.15, 0.2) is 67.0 Å². The Morgan fingerprint density at radius 1 is 1.00 bits per heavy atom. The van der Waals surface area contributed by atoms with E-state index < -0.39 is 29.0 Å². The van der Waals surface area contributed by atoms with E-state index in [9.17, 15) is 23.8 Å². The third-order valence-electron chi connectivity index (χ3n) is 4.92. The van der Waals surface area contributed by atoms with Crippen LogP contribution in [0.2, 0.25) is 0 Å². The fourth-order valence-electron chi connectivity index (χ4n) is 3.45. The number of carbonyl (C=O) groups is 1. The molecule has 32 heavy (non-hydrogen) atoms. The highest BCUT2D eigenvalue weighted by Crippen LogP contribution is 2.45. The number of hydrogen-bond donors (Lipinski definition) is 2. The molecule has 0 bridgehead atoms. The molecule has 0 aliphatic carbocycles. The number of halogens is 2. The van der Waals surface area contributed by atoms with Gasteiger partial charge in [0.2, 0.25) is 11.7 Å². The average molecular weight is 449 g/mol. The van der Waals surface area contributed by atoms with Crippen molar-refractivity contribution in [2.75, 3.05) is 0 Å². The molecule has 0 radical (unpaired) electrons. The van der Waals surface area contributed by atoms with Crippen molar-refractivity contribution in [1.82, 2.24) is 14.5 Å². The van der Waals surface area contributed by atoms with Crippen LogP contribution in [0.25, 0.3) is 26.6 Å². The molecule has 6 nitrogen and oxygen atoms in total. The monoisotopic (exact) mass is 449 g/mol. The number of fused-ring (bicyclic) bond motifs is 1. The van der Waals surface area contributed by atoms with E-state index in [2.05, 4.69) is 9.97 Å². The highest BCUT2D eigenvalue weighted by molar-refractivity contribution is 7.20. The smallest absolute Gasteiger partial charge is 0.242 e. The van der Waals surface area contributed by atoms with Crippen molar-refractivity contribution in [2.24, 2.45) is 0 Å². The van der Waals surface area contributed by atoms with Crippen LogP contribution >= 0.6 is 11.3 Å². The number of hydrogen-bond acceptors (Lipinski definition) is 6. The first-order valence-corrected chi connectivity index (χ1v) is 10.2. The third kappa shape index (κ3) is 3.19.